The van der Waals surface area contributed by atoms with Crippen molar-refractivity contribution in [3.63, 3.8) is 0 Å². The van der Waals surface area contributed by atoms with Crippen LogP contribution in [0.25, 0.3) is 16.7 Å². The van der Waals surface area contributed by atoms with Gasteiger partial charge in [0.15, 0.2) is 0 Å². The Morgan fingerprint density at radius 1 is 1.22 bits per heavy atom. The van der Waals surface area contributed by atoms with Crippen LogP contribution in [0.3, 0.4) is 0 Å². The van der Waals surface area contributed by atoms with Gasteiger partial charge in [-0.2, -0.15) is 4.98 Å². The number of hydrogen-bond donors (Lipinski definition) is 2. The Morgan fingerprint density at radius 2 is 2.04 bits per heavy atom. The molecule has 0 atom stereocenters. The number of nitrogens with one attached hydrogen (secondary N) is 1. The van der Waals surface area contributed by atoms with Crippen LogP contribution >= 0.6 is 0 Å². The Bertz CT molecular complexity index is 961. The third-order valence-electron chi connectivity index (χ3n) is 5.03. The van der Waals surface area contributed by atoms with Crippen LogP contribution in [-0.4, -0.2) is 44.9 Å². The highest BCUT2D eigenvalue weighted by atomic mass is 16.5. The summed E-state index contributed by atoms with van der Waals surface area (Å²) in [5, 5.41) is 14.0. The number of benzene rings is 1. The van der Waals surface area contributed by atoms with E-state index in [9.17, 15) is 9.90 Å². The number of ether oxygens (including phenoxy) is 1. The van der Waals surface area contributed by atoms with E-state index in [1.165, 1.54) is 7.11 Å². The fraction of sp³-hybridized carbons (Fsp3) is 0.350. The SMILES string of the molecule is COC(=O)c1ccc2c(ccn2-c2ccnc(N[C@H]3CC[C@H](O)CC3)n2)c1. The maximum absolute atomic E-state index is 11.7. The first-order chi connectivity index (χ1) is 13.1. The van der Waals surface area contributed by atoms with E-state index in [1.54, 1.807) is 12.3 Å². The van der Waals surface area contributed by atoms with E-state index in [1.807, 2.05) is 35.0 Å². The molecule has 7 nitrogen and oxygen atoms in total. The molecule has 3 aromatic rings. The van der Waals surface area contributed by atoms with Gasteiger partial charge in [-0.05, 0) is 56.0 Å². The van der Waals surface area contributed by atoms with E-state index in [4.69, 9.17) is 4.74 Å². The molecule has 2 N–H and O–H groups in total. The average Bonchev–Trinajstić information content (AvgIpc) is 3.12. The van der Waals surface area contributed by atoms with Gasteiger partial charge in [0.1, 0.15) is 5.82 Å². The number of methoxy groups -OCH3 is 1. The number of aliphatic hydroxyl groups is 1. The van der Waals surface area contributed by atoms with Gasteiger partial charge in [-0.3, -0.25) is 0 Å². The van der Waals surface area contributed by atoms with Crippen LogP contribution in [0.2, 0.25) is 0 Å². The van der Waals surface area contributed by atoms with E-state index in [2.05, 4.69) is 15.3 Å². The second-order valence-corrected chi connectivity index (χ2v) is 6.84. The van der Waals surface area contributed by atoms with E-state index in [-0.39, 0.29) is 18.1 Å². The number of carbonyl (C=O) groups excluding carboxylic acids is 1. The first-order valence-corrected chi connectivity index (χ1v) is 9.11. The van der Waals surface area contributed by atoms with Gasteiger partial charge in [0.05, 0.1) is 24.3 Å². The summed E-state index contributed by atoms with van der Waals surface area (Å²) in [4.78, 5) is 20.7. The molecule has 0 radical (unpaired) electrons. The minimum absolute atomic E-state index is 0.184. The van der Waals surface area contributed by atoms with Crippen LogP contribution in [-0.2, 0) is 4.74 Å². The number of anilines is 1. The van der Waals surface area contributed by atoms with Gasteiger partial charge < -0.3 is 19.7 Å². The largest absolute Gasteiger partial charge is 0.465 e. The minimum Gasteiger partial charge on any atom is -0.465 e. The molecule has 27 heavy (non-hydrogen) atoms. The fourth-order valence-electron chi connectivity index (χ4n) is 3.54. The van der Waals surface area contributed by atoms with Gasteiger partial charge >= 0.3 is 5.97 Å². The molecule has 2 heterocycles. The molecule has 0 bridgehead atoms. The van der Waals surface area contributed by atoms with Gasteiger partial charge in [0.25, 0.3) is 0 Å². The zero-order valence-corrected chi connectivity index (χ0v) is 15.1. The van der Waals surface area contributed by atoms with Gasteiger partial charge in [-0.1, -0.05) is 0 Å². The van der Waals surface area contributed by atoms with Crippen molar-refractivity contribution in [2.24, 2.45) is 0 Å². The molecule has 7 heteroatoms. The zero-order valence-electron chi connectivity index (χ0n) is 15.1. The van der Waals surface area contributed by atoms with Crippen molar-refractivity contribution >= 4 is 22.8 Å². The van der Waals surface area contributed by atoms with Crippen LogP contribution in [0, 0.1) is 0 Å². The Labute approximate surface area is 157 Å². The zero-order chi connectivity index (χ0) is 18.8. The van der Waals surface area contributed by atoms with Gasteiger partial charge in [-0.15, -0.1) is 0 Å². The topological polar surface area (TPSA) is 89.3 Å². The van der Waals surface area contributed by atoms with E-state index < -0.39 is 0 Å². The predicted octanol–water partition coefficient (Wildman–Crippen LogP) is 2.92. The highest BCUT2D eigenvalue weighted by molar-refractivity contribution is 5.95. The van der Waals surface area contributed by atoms with Crippen molar-refractivity contribution in [2.45, 2.75) is 37.8 Å². The van der Waals surface area contributed by atoms with Crippen LogP contribution < -0.4 is 5.32 Å². The smallest absolute Gasteiger partial charge is 0.337 e. The Hall–Kier alpha value is -2.93. The van der Waals surface area contributed by atoms with Crippen LogP contribution in [0.4, 0.5) is 5.95 Å². The molecule has 2 aromatic heterocycles. The number of nitrogens with zero attached hydrogens (tertiary/aromatic N) is 3. The molecule has 1 aromatic carbocycles. The average molecular weight is 366 g/mol. The summed E-state index contributed by atoms with van der Waals surface area (Å²) in [6, 6.07) is 9.53. The normalized spacial score (nSPS) is 19.8. The van der Waals surface area contributed by atoms with Crippen molar-refractivity contribution in [3.8, 4) is 5.82 Å². The molecular weight excluding hydrogens is 344 g/mol. The highest BCUT2D eigenvalue weighted by Crippen LogP contribution is 2.23. The van der Waals surface area contributed by atoms with E-state index >= 15 is 0 Å². The van der Waals surface area contributed by atoms with Gasteiger partial charge in [0.2, 0.25) is 5.95 Å². The molecule has 0 saturated heterocycles. The molecule has 1 fully saturated rings. The quantitative estimate of drug-likeness (QED) is 0.690. The number of carbonyl (C=O) groups is 1. The fourth-order valence-corrected chi connectivity index (χ4v) is 3.54. The molecule has 0 aliphatic heterocycles. The number of fused-ring (bicyclic) bond motifs is 1. The van der Waals surface area contributed by atoms with Gasteiger partial charge in [0, 0.05) is 23.8 Å². The molecule has 1 saturated carbocycles. The predicted molar refractivity (Wildman–Crippen MR) is 102 cm³/mol. The summed E-state index contributed by atoms with van der Waals surface area (Å²) >= 11 is 0. The second-order valence-electron chi connectivity index (χ2n) is 6.84. The lowest BCUT2D eigenvalue weighted by Gasteiger charge is -2.26. The maximum atomic E-state index is 11.7. The molecule has 1 aliphatic carbocycles. The molecule has 0 spiro atoms. The number of aromatic nitrogens is 3. The van der Waals surface area contributed by atoms with Crippen molar-refractivity contribution in [3.05, 3.63) is 48.3 Å². The Morgan fingerprint density at radius 3 is 2.81 bits per heavy atom. The van der Waals surface area contributed by atoms with Crippen molar-refractivity contribution in [1.82, 2.24) is 14.5 Å². The molecule has 0 unspecified atom stereocenters. The standard InChI is InChI=1S/C20H22N4O3/c1-27-19(26)14-2-7-17-13(12-14)9-11-24(17)18-8-10-21-20(23-18)22-15-3-5-16(25)6-4-15/h2,7-12,15-16,25H,3-6H2,1H3,(H,21,22,23)/t15-,16-. The summed E-state index contributed by atoms with van der Waals surface area (Å²) in [5.41, 5.74) is 1.47. The van der Waals surface area contributed by atoms with E-state index in [0.717, 1.165) is 42.4 Å². The summed E-state index contributed by atoms with van der Waals surface area (Å²) < 4.78 is 6.75. The summed E-state index contributed by atoms with van der Waals surface area (Å²) in [7, 11) is 1.38. The second kappa shape index (κ2) is 7.36. The molecule has 1 aliphatic rings. The van der Waals surface area contributed by atoms with Crippen LogP contribution in [0.15, 0.2) is 42.7 Å². The van der Waals surface area contributed by atoms with Gasteiger partial charge in [-0.25, -0.2) is 9.78 Å². The number of esters is 1. The number of aliphatic hydroxyl groups excluding tert-OH is 1. The lowest BCUT2D eigenvalue weighted by molar-refractivity contribution is 0.0601. The maximum Gasteiger partial charge on any atom is 0.337 e. The summed E-state index contributed by atoms with van der Waals surface area (Å²) in [6.07, 6.45) is 6.92. The van der Waals surface area contributed by atoms with Crippen LogP contribution in [0.5, 0.6) is 0 Å². The lowest BCUT2D eigenvalue weighted by atomic mass is 9.93. The third kappa shape index (κ3) is 3.64. The van der Waals surface area contributed by atoms with Crippen LogP contribution in [0.1, 0.15) is 36.0 Å². The number of hydrogen-bond acceptors (Lipinski definition) is 6. The lowest BCUT2D eigenvalue weighted by Crippen LogP contribution is -2.29. The monoisotopic (exact) mass is 366 g/mol. The van der Waals surface area contributed by atoms with E-state index in [0.29, 0.717) is 11.5 Å². The molecular formula is C20H22N4O3. The molecule has 140 valence electrons. The first kappa shape index (κ1) is 17.5. The summed E-state index contributed by atoms with van der Waals surface area (Å²) in [5.74, 6) is 0.988. The first-order valence-electron chi connectivity index (χ1n) is 9.11. The highest BCUT2D eigenvalue weighted by Gasteiger charge is 2.20. The molecule has 0 amide bonds. The van der Waals surface area contributed by atoms with Crippen molar-refractivity contribution < 1.29 is 14.6 Å². The molecule has 4 rings (SSSR count). The number of rotatable bonds is 4. The van der Waals surface area contributed by atoms with Crippen molar-refractivity contribution in [1.29, 1.82) is 0 Å². The Kier molecular flexibility index (Phi) is 4.77. The Balaban J connectivity index is 1.59. The summed E-state index contributed by atoms with van der Waals surface area (Å²) in [6.45, 7) is 0. The van der Waals surface area contributed by atoms with Crippen molar-refractivity contribution in [2.75, 3.05) is 12.4 Å². The minimum atomic E-state index is -0.351. The third-order valence-corrected chi connectivity index (χ3v) is 5.03.